The first-order valence-electron chi connectivity index (χ1n) is 5.97. The molecule has 0 aliphatic rings. The molecule has 6 heteroatoms. The minimum Gasteiger partial charge on any atom is -0.480 e. The summed E-state index contributed by atoms with van der Waals surface area (Å²) in [6, 6.07) is 4.87. The van der Waals surface area contributed by atoms with Crippen LogP contribution >= 0.6 is 23.2 Å². The molecule has 0 fully saturated rings. The lowest BCUT2D eigenvalue weighted by Crippen LogP contribution is -2.39. The summed E-state index contributed by atoms with van der Waals surface area (Å²) in [5.41, 5.74) is 0.603. The summed E-state index contributed by atoms with van der Waals surface area (Å²) >= 11 is 11.9. The predicted molar refractivity (Wildman–Crippen MR) is 80.0 cm³/mol. The number of carbonyl (C=O) groups excluding carboxylic acids is 1. The van der Waals surface area contributed by atoms with E-state index in [2.05, 4.69) is 0 Å². The van der Waals surface area contributed by atoms with E-state index < -0.39 is 11.9 Å². The standard InChI is InChI=1S/C14H15Cl2NO3/c1-9(2)17(8-13(19)20)12(18)7-6-10-4-3-5-11(15)14(10)16/h3-7,9H,8H2,1-2H3,(H,19,20)/b7-6+. The van der Waals surface area contributed by atoms with Crippen LogP contribution in [0, 0.1) is 0 Å². The summed E-state index contributed by atoms with van der Waals surface area (Å²) in [5.74, 6) is -1.44. The molecule has 108 valence electrons. The molecule has 1 amide bonds. The zero-order valence-electron chi connectivity index (χ0n) is 11.1. The Morgan fingerprint density at radius 3 is 2.55 bits per heavy atom. The molecule has 0 spiro atoms. The molecule has 0 aliphatic heterocycles. The van der Waals surface area contributed by atoms with Gasteiger partial charge in [0, 0.05) is 12.1 Å². The van der Waals surface area contributed by atoms with Crippen molar-refractivity contribution in [3.63, 3.8) is 0 Å². The average Bonchev–Trinajstić information content (AvgIpc) is 2.37. The highest BCUT2D eigenvalue weighted by atomic mass is 35.5. The van der Waals surface area contributed by atoms with Crippen LogP contribution in [0.4, 0.5) is 0 Å². The quantitative estimate of drug-likeness (QED) is 0.848. The second-order valence-corrected chi connectivity index (χ2v) is 5.22. The third-order valence-corrected chi connectivity index (χ3v) is 3.43. The Balaban J connectivity index is 2.89. The Morgan fingerprint density at radius 2 is 2.00 bits per heavy atom. The van der Waals surface area contributed by atoms with Gasteiger partial charge >= 0.3 is 5.97 Å². The molecule has 0 unspecified atom stereocenters. The number of hydrogen-bond donors (Lipinski definition) is 1. The van der Waals surface area contributed by atoms with Crippen LogP contribution in [0.15, 0.2) is 24.3 Å². The van der Waals surface area contributed by atoms with Crippen molar-refractivity contribution in [3.05, 3.63) is 39.9 Å². The number of carboxylic acids is 1. The maximum Gasteiger partial charge on any atom is 0.323 e. The van der Waals surface area contributed by atoms with Crippen LogP contribution in [-0.2, 0) is 9.59 Å². The molecule has 0 aliphatic carbocycles. The molecule has 0 heterocycles. The zero-order valence-corrected chi connectivity index (χ0v) is 12.6. The van der Waals surface area contributed by atoms with Gasteiger partial charge in [0.25, 0.3) is 0 Å². The molecule has 1 aromatic rings. The van der Waals surface area contributed by atoms with Crippen LogP contribution in [0.1, 0.15) is 19.4 Å². The van der Waals surface area contributed by atoms with E-state index in [0.717, 1.165) is 0 Å². The van der Waals surface area contributed by atoms with E-state index in [4.69, 9.17) is 28.3 Å². The van der Waals surface area contributed by atoms with Gasteiger partial charge in [-0.05, 0) is 31.6 Å². The number of hydrogen-bond acceptors (Lipinski definition) is 2. The number of halogens is 2. The number of carboxylic acid groups (broad SMARTS) is 1. The minimum absolute atomic E-state index is 0.210. The zero-order chi connectivity index (χ0) is 15.3. The van der Waals surface area contributed by atoms with E-state index in [9.17, 15) is 9.59 Å². The largest absolute Gasteiger partial charge is 0.480 e. The van der Waals surface area contributed by atoms with Gasteiger partial charge in [0.05, 0.1) is 10.0 Å². The Morgan fingerprint density at radius 1 is 1.35 bits per heavy atom. The summed E-state index contributed by atoms with van der Waals surface area (Å²) in [6.45, 7) is 3.16. The molecule has 4 nitrogen and oxygen atoms in total. The fourth-order valence-electron chi connectivity index (χ4n) is 1.57. The first kappa shape index (κ1) is 16.5. The number of aliphatic carboxylic acids is 1. The van der Waals surface area contributed by atoms with Gasteiger partial charge in [0.1, 0.15) is 6.54 Å². The molecular formula is C14H15Cl2NO3. The molecule has 20 heavy (non-hydrogen) atoms. The van der Waals surface area contributed by atoms with E-state index in [1.54, 1.807) is 32.0 Å². The van der Waals surface area contributed by atoms with E-state index >= 15 is 0 Å². The molecule has 0 saturated heterocycles. The maximum absolute atomic E-state index is 12.0. The Bertz CT molecular complexity index is 541. The second-order valence-electron chi connectivity index (χ2n) is 4.43. The predicted octanol–water partition coefficient (Wildman–Crippen LogP) is 3.33. The first-order chi connectivity index (χ1) is 9.32. The second kappa shape index (κ2) is 7.31. The van der Waals surface area contributed by atoms with E-state index in [-0.39, 0.29) is 12.6 Å². The van der Waals surface area contributed by atoms with Crippen LogP contribution in [0.5, 0.6) is 0 Å². The van der Waals surface area contributed by atoms with Crippen molar-refractivity contribution in [2.24, 2.45) is 0 Å². The lowest BCUT2D eigenvalue weighted by atomic mass is 10.2. The lowest BCUT2D eigenvalue weighted by Gasteiger charge is -2.23. The fraction of sp³-hybridized carbons (Fsp3) is 0.286. The van der Waals surface area contributed by atoms with E-state index in [1.807, 2.05) is 0 Å². The normalized spacial score (nSPS) is 11.1. The van der Waals surface area contributed by atoms with Gasteiger partial charge in [-0.25, -0.2) is 0 Å². The van der Waals surface area contributed by atoms with E-state index in [1.165, 1.54) is 17.1 Å². The number of benzene rings is 1. The third-order valence-electron chi connectivity index (χ3n) is 2.60. The van der Waals surface area contributed by atoms with Crippen LogP contribution in [-0.4, -0.2) is 34.5 Å². The molecular weight excluding hydrogens is 301 g/mol. The van der Waals surface area contributed by atoms with Crippen molar-refractivity contribution in [1.82, 2.24) is 4.90 Å². The summed E-state index contributed by atoms with van der Waals surface area (Å²) in [7, 11) is 0. The number of rotatable bonds is 5. The molecule has 1 rings (SSSR count). The smallest absolute Gasteiger partial charge is 0.323 e. The van der Waals surface area contributed by atoms with Crippen LogP contribution in [0.2, 0.25) is 10.0 Å². The van der Waals surface area contributed by atoms with Gasteiger partial charge in [-0.15, -0.1) is 0 Å². The van der Waals surface area contributed by atoms with Gasteiger partial charge in [0.2, 0.25) is 5.91 Å². The minimum atomic E-state index is -1.05. The molecule has 1 aromatic carbocycles. The van der Waals surface area contributed by atoms with E-state index in [0.29, 0.717) is 15.6 Å². The van der Waals surface area contributed by atoms with Gasteiger partial charge in [-0.1, -0.05) is 35.3 Å². The summed E-state index contributed by atoms with van der Waals surface area (Å²) in [6.07, 6.45) is 2.81. The molecule has 0 saturated carbocycles. The topological polar surface area (TPSA) is 57.6 Å². The number of nitrogens with zero attached hydrogens (tertiary/aromatic N) is 1. The molecule has 0 atom stereocenters. The average molecular weight is 316 g/mol. The fourth-order valence-corrected chi connectivity index (χ4v) is 1.94. The summed E-state index contributed by atoms with van der Waals surface area (Å²) in [4.78, 5) is 24.0. The maximum atomic E-state index is 12.0. The molecule has 0 radical (unpaired) electrons. The van der Waals surface area contributed by atoms with Gasteiger partial charge in [-0.2, -0.15) is 0 Å². The van der Waals surface area contributed by atoms with Crippen LogP contribution < -0.4 is 0 Å². The highest BCUT2D eigenvalue weighted by Gasteiger charge is 2.17. The van der Waals surface area contributed by atoms with Crippen molar-refractivity contribution in [1.29, 1.82) is 0 Å². The Kier molecular flexibility index (Phi) is 6.05. The van der Waals surface area contributed by atoms with Crippen molar-refractivity contribution in [2.45, 2.75) is 19.9 Å². The highest BCUT2D eigenvalue weighted by Crippen LogP contribution is 2.26. The summed E-state index contributed by atoms with van der Waals surface area (Å²) < 4.78 is 0. The van der Waals surface area contributed by atoms with Crippen molar-refractivity contribution in [3.8, 4) is 0 Å². The van der Waals surface area contributed by atoms with Crippen molar-refractivity contribution >= 4 is 41.2 Å². The Hall–Kier alpha value is -1.52. The Labute approximate surface area is 127 Å². The van der Waals surface area contributed by atoms with Crippen molar-refractivity contribution in [2.75, 3.05) is 6.54 Å². The third kappa shape index (κ3) is 4.54. The van der Waals surface area contributed by atoms with Gasteiger partial charge in [0.15, 0.2) is 0 Å². The summed E-state index contributed by atoms with van der Waals surface area (Å²) in [5, 5.41) is 9.54. The van der Waals surface area contributed by atoms with Crippen LogP contribution in [0.3, 0.4) is 0 Å². The highest BCUT2D eigenvalue weighted by molar-refractivity contribution is 6.42. The van der Waals surface area contributed by atoms with Gasteiger partial charge < -0.3 is 10.0 Å². The first-order valence-corrected chi connectivity index (χ1v) is 6.73. The van der Waals surface area contributed by atoms with Crippen molar-refractivity contribution < 1.29 is 14.7 Å². The van der Waals surface area contributed by atoms with Gasteiger partial charge in [-0.3, -0.25) is 9.59 Å². The number of amides is 1. The van der Waals surface area contributed by atoms with Crippen LogP contribution in [0.25, 0.3) is 6.08 Å². The monoisotopic (exact) mass is 315 g/mol. The lowest BCUT2D eigenvalue weighted by molar-refractivity contribution is -0.143. The molecule has 0 bridgehead atoms. The SMILES string of the molecule is CC(C)N(CC(=O)O)C(=O)/C=C/c1cccc(Cl)c1Cl. The molecule has 1 N–H and O–H groups in total. The molecule has 0 aromatic heterocycles. The number of carbonyl (C=O) groups is 2.